The molecule has 3 N–H and O–H groups in total. The summed E-state index contributed by atoms with van der Waals surface area (Å²) in [7, 11) is 0. The Bertz CT molecular complexity index is 1250. The highest BCUT2D eigenvalue weighted by molar-refractivity contribution is 6.02. The number of amides is 1. The second-order valence-electron chi connectivity index (χ2n) is 10.4. The maximum atomic E-state index is 13.4. The summed E-state index contributed by atoms with van der Waals surface area (Å²) in [5.41, 5.74) is 3.03. The Hall–Kier alpha value is -3.03. The third kappa shape index (κ3) is 4.03. The van der Waals surface area contributed by atoms with Crippen LogP contribution in [0.4, 0.5) is 5.69 Å². The van der Waals surface area contributed by atoms with Crippen molar-refractivity contribution < 1.29 is 28.8 Å². The number of hydrogen-bond donors (Lipinski definition) is 3. The van der Waals surface area contributed by atoms with Crippen LogP contribution in [0.1, 0.15) is 49.2 Å². The van der Waals surface area contributed by atoms with E-state index in [1.807, 2.05) is 36.4 Å². The van der Waals surface area contributed by atoms with Gasteiger partial charge >= 0.3 is 0 Å². The van der Waals surface area contributed by atoms with Crippen molar-refractivity contribution in [2.45, 2.75) is 57.1 Å². The van der Waals surface area contributed by atoms with Crippen LogP contribution in [0.2, 0.25) is 0 Å². The molecular formula is C27H38N2O5. The fourth-order valence-corrected chi connectivity index (χ4v) is 4.80. The number of carbonyl (C=O) groups excluding carboxylic acids is 1. The number of nitrogens with zero attached hydrogens (tertiary/aromatic N) is 1. The average molecular weight is 471 g/mol. The number of nitrogens with one attached hydrogen (secondary N) is 1. The molecule has 0 bridgehead atoms. The Kier molecular flexibility index (Phi) is 5.57. The molecule has 186 valence electrons. The van der Waals surface area contributed by atoms with Crippen molar-refractivity contribution in [2.24, 2.45) is 0 Å². The maximum Gasteiger partial charge on any atom is 0.235 e. The summed E-state index contributed by atoms with van der Waals surface area (Å²) in [4.78, 5) is 13.4. The number of hydrogen-bond acceptors (Lipinski definition) is 5. The van der Waals surface area contributed by atoms with Gasteiger partial charge < -0.3 is 29.6 Å². The van der Waals surface area contributed by atoms with Crippen LogP contribution < -0.4 is 14.8 Å². The minimum atomic E-state index is -0.836. The Morgan fingerprint density at radius 1 is 1.12 bits per heavy atom. The molecule has 0 spiro atoms. The Morgan fingerprint density at radius 3 is 2.53 bits per heavy atom. The molecule has 3 aromatic rings. The summed E-state index contributed by atoms with van der Waals surface area (Å²) in [6.07, 6.45) is 0.756. The third-order valence-electron chi connectivity index (χ3n) is 6.81. The van der Waals surface area contributed by atoms with E-state index in [-0.39, 0.29) is 22.2 Å². The second kappa shape index (κ2) is 8.32. The third-order valence-corrected chi connectivity index (χ3v) is 6.81. The standard InChI is InChI=1S/C27H32N2O5.3H2/c1-26(2,3)24-13-17-12-19(5-6-21(17)29(24)15-20(31)16-30)28-25(32)27(8-9-27)18-4-7-22-23(14-18)34-11-10-33-22;;;/h4-7,12-14,20,30-31H,8-11,15-16H2,1-3H3,(H,28,32);3*1H/t20-;;;/m0.../s1. The van der Waals surface area contributed by atoms with Crippen LogP contribution in [0.15, 0.2) is 42.5 Å². The SMILES string of the molecule is CC(C)(C)c1cc2cc(NC(=O)C3(c4ccc5c(c4)OCCO5)CC3)ccc2n1C[C@H](O)CO.[HH].[HH].[HH]. The van der Waals surface area contributed by atoms with Gasteiger partial charge in [-0.25, -0.2) is 0 Å². The molecule has 1 aliphatic heterocycles. The largest absolute Gasteiger partial charge is 0.486 e. The van der Waals surface area contributed by atoms with Gasteiger partial charge in [0.15, 0.2) is 11.5 Å². The molecule has 2 aromatic carbocycles. The van der Waals surface area contributed by atoms with E-state index in [0.29, 0.717) is 25.5 Å². The van der Waals surface area contributed by atoms with Crippen molar-refractivity contribution in [1.29, 1.82) is 0 Å². The predicted octanol–water partition coefficient (Wildman–Crippen LogP) is 4.47. The van der Waals surface area contributed by atoms with Gasteiger partial charge in [-0.15, -0.1) is 0 Å². The molecule has 1 saturated carbocycles. The van der Waals surface area contributed by atoms with Crippen LogP contribution in [0.5, 0.6) is 11.5 Å². The topological polar surface area (TPSA) is 93.0 Å². The van der Waals surface area contributed by atoms with Gasteiger partial charge in [0.1, 0.15) is 13.2 Å². The van der Waals surface area contributed by atoms with Gasteiger partial charge in [0, 0.05) is 32.0 Å². The van der Waals surface area contributed by atoms with Gasteiger partial charge in [-0.3, -0.25) is 4.79 Å². The molecular weight excluding hydrogens is 432 g/mol. The van der Waals surface area contributed by atoms with Gasteiger partial charge in [0.25, 0.3) is 0 Å². The zero-order valence-corrected chi connectivity index (χ0v) is 19.9. The first-order valence-corrected chi connectivity index (χ1v) is 11.9. The monoisotopic (exact) mass is 470 g/mol. The lowest BCUT2D eigenvalue weighted by molar-refractivity contribution is -0.118. The normalized spacial score (nSPS) is 17.4. The van der Waals surface area contributed by atoms with E-state index in [9.17, 15) is 15.0 Å². The van der Waals surface area contributed by atoms with Crippen molar-refractivity contribution in [3.63, 3.8) is 0 Å². The number of benzene rings is 2. The zero-order valence-electron chi connectivity index (χ0n) is 19.9. The molecule has 7 nitrogen and oxygen atoms in total. The number of aliphatic hydroxyl groups is 2. The summed E-state index contributed by atoms with van der Waals surface area (Å²) in [6, 6.07) is 13.7. The van der Waals surface area contributed by atoms with E-state index in [2.05, 4.69) is 36.7 Å². The molecule has 0 radical (unpaired) electrons. The van der Waals surface area contributed by atoms with Crippen molar-refractivity contribution >= 4 is 22.5 Å². The van der Waals surface area contributed by atoms with Crippen molar-refractivity contribution in [1.82, 2.24) is 4.57 Å². The number of anilines is 1. The van der Waals surface area contributed by atoms with Crippen molar-refractivity contribution in [2.75, 3.05) is 25.1 Å². The quantitative estimate of drug-likeness (QED) is 0.494. The Balaban J connectivity index is 0.00000160. The van der Waals surface area contributed by atoms with E-state index in [1.54, 1.807) is 0 Å². The first-order valence-electron chi connectivity index (χ1n) is 11.9. The van der Waals surface area contributed by atoms with Gasteiger partial charge in [0.2, 0.25) is 5.91 Å². The number of fused-ring (bicyclic) bond motifs is 2. The van der Waals surface area contributed by atoms with Gasteiger partial charge in [-0.2, -0.15) is 0 Å². The van der Waals surface area contributed by atoms with Crippen LogP contribution in [-0.2, 0) is 22.2 Å². The summed E-state index contributed by atoms with van der Waals surface area (Å²) in [5, 5.41) is 23.6. The van der Waals surface area contributed by atoms with Gasteiger partial charge in [-0.1, -0.05) is 26.8 Å². The van der Waals surface area contributed by atoms with Crippen LogP contribution in [-0.4, -0.2) is 46.6 Å². The van der Waals surface area contributed by atoms with E-state index < -0.39 is 11.5 Å². The molecule has 7 heteroatoms. The Morgan fingerprint density at radius 2 is 1.85 bits per heavy atom. The number of rotatable bonds is 6. The van der Waals surface area contributed by atoms with E-state index in [1.165, 1.54) is 0 Å². The minimum Gasteiger partial charge on any atom is -0.486 e. The highest BCUT2D eigenvalue weighted by Gasteiger charge is 2.51. The molecule has 0 saturated heterocycles. The van der Waals surface area contributed by atoms with Gasteiger partial charge in [-0.05, 0) is 54.8 Å². The summed E-state index contributed by atoms with van der Waals surface area (Å²) < 4.78 is 13.4. The first-order chi connectivity index (χ1) is 16.2. The molecule has 1 fully saturated rings. The highest BCUT2D eigenvalue weighted by atomic mass is 16.6. The van der Waals surface area contributed by atoms with Crippen LogP contribution in [0.3, 0.4) is 0 Å². The molecule has 2 aliphatic rings. The van der Waals surface area contributed by atoms with Crippen LogP contribution >= 0.6 is 0 Å². The molecule has 5 rings (SSSR count). The molecule has 1 amide bonds. The minimum absolute atomic E-state index is 0. The smallest absolute Gasteiger partial charge is 0.235 e. The molecule has 0 unspecified atom stereocenters. The predicted molar refractivity (Wildman–Crippen MR) is 137 cm³/mol. The molecule has 1 aliphatic carbocycles. The fraction of sp³-hybridized carbons (Fsp3) is 0.444. The summed E-state index contributed by atoms with van der Waals surface area (Å²) in [5.74, 6) is 1.40. The number of carbonyl (C=O) groups is 1. The molecule has 2 heterocycles. The van der Waals surface area contributed by atoms with Crippen LogP contribution in [0, 0.1) is 0 Å². The lowest BCUT2D eigenvalue weighted by Gasteiger charge is -2.23. The average Bonchev–Trinajstić information content (AvgIpc) is 3.55. The first kappa shape index (κ1) is 22.7. The Labute approximate surface area is 203 Å². The van der Waals surface area contributed by atoms with Crippen molar-refractivity contribution in [3.05, 3.63) is 53.7 Å². The number of aliphatic hydroxyl groups excluding tert-OH is 2. The second-order valence-corrected chi connectivity index (χ2v) is 10.4. The zero-order chi connectivity index (χ0) is 24.1. The highest BCUT2D eigenvalue weighted by Crippen LogP contribution is 2.51. The van der Waals surface area contributed by atoms with Crippen LogP contribution in [0.25, 0.3) is 10.9 Å². The maximum absolute atomic E-state index is 13.4. The summed E-state index contributed by atoms with van der Waals surface area (Å²) >= 11 is 0. The molecule has 1 atom stereocenters. The number of ether oxygens (including phenoxy) is 2. The van der Waals surface area contributed by atoms with E-state index in [4.69, 9.17) is 9.47 Å². The van der Waals surface area contributed by atoms with E-state index >= 15 is 0 Å². The number of aromatic nitrogens is 1. The van der Waals surface area contributed by atoms with Gasteiger partial charge in [0.05, 0.1) is 24.7 Å². The molecule has 34 heavy (non-hydrogen) atoms. The summed E-state index contributed by atoms with van der Waals surface area (Å²) in [6.45, 7) is 7.44. The fourth-order valence-electron chi connectivity index (χ4n) is 4.80. The lowest BCUT2D eigenvalue weighted by atomic mass is 9.92. The lowest BCUT2D eigenvalue weighted by Crippen LogP contribution is -2.28. The van der Waals surface area contributed by atoms with E-state index in [0.717, 1.165) is 46.4 Å². The van der Waals surface area contributed by atoms with Crippen molar-refractivity contribution in [3.8, 4) is 11.5 Å². The molecule has 1 aromatic heterocycles.